The normalized spacial score (nSPS) is 11.5. The molecule has 0 amide bonds. The van der Waals surface area contributed by atoms with Gasteiger partial charge in [-0.05, 0) is 30.7 Å². The predicted molar refractivity (Wildman–Crippen MR) is 91.2 cm³/mol. The lowest BCUT2D eigenvalue weighted by Crippen LogP contribution is -2.12. The Morgan fingerprint density at radius 1 is 1.00 bits per heavy atom. The fourth-order valence-electron chi connectivity index (χ4n) is 2.57. The summed E-state index contributed by atoms with van der Waals surface area (Å²) in [6.45, 7) is 5.62. The second-order valence-electron chi connectivity index (χ2n) is 5.26. The van der Waals surface area contributed by atoms with Crippen LogP contribution in [0.1, 0.15) is 21.5 Å². The molecule has 0 fully saturated rings. The van der Waals surface area contributed by atoms with Crippen LogP contribution in [0.15, 0.2) is 60.1 Å². The van der Waals surface area contributed by atoms with Gasteiger partial charge in [-0.15, -0.1) is 0 Å². The highest BCUT2D eigenvalue weighted by atomic mass is 32.2. The number of rotatable bonds is 4. The number of hydrogen-bond acceptors (Lipinski definition) is 3. The van der Waals surface area contributed by atoms with E-state index in [2.05, 4.69) is 6.58 Å². The van der Waals surface area contributed by atoms with Gasteiger partial charge in [0.25, 0.3) is 10.0 Å². The third-order valence-corrected chi connectivity index (χ3v) is 5.49. The van der Waals surface area contributed by atoms with Gasteiger partial charge in [0.15, 0.2) is 6.29 Å². The summed E-state index contributed by atoms with van der Waals surface area (Å²) in [4.78, 5) is 11.4. The van der Waals surface area contributed by atoms with Crippen molar-refractivity contribution in [1.29, 1.82) is 0 Å². The summed E-state index contributed by atoms with van der Waals surface area (Å²) in [5.41, 5.74) is 2.55. The van der Waals surface area contributed by atoms with Crippen molar-refractivity contribution in [3.05, 3.63) is 71.9 Å². The first-order valence-electron chi connectivity index (χ1n) is 7.03. The highest BCUT2D eigenvalue weighted by Crippen LogP contribution is 2.28. The Hall–Kier alpha value is -2.66. The summed E-state index contributed by atoms with van der Waals surface area (Å²) in [5, 5.41) is 0.591. The van der Waals surface area contributed by atoms with Gasteiger partial charge in [0, 0.05) is 17.1 Å². The molecule has 3 aromatic rings. The molecule has 0 unspecified atom stereocenters. The van der Waals surface area contributed by atoms with Gasteiger partial charge in [-0.25, -0.2) is 12.4 Å². The lowest BCUT2D eigenvalue weighted by atomic mass is 10.1. The van der Waals surface area contributed by atoms with Crippen LogP contribution in [0.5, 0.6) is 0 Å². The topological polar surface area (TPSA) is 56.1 Å². The summed E-state index contributed by atoms with van der Waals surface area (Å²) in [7, 11) is -3.74. The highest BCUT2D eigenvalue weighted by Gasteiger charge is 2.21. The molecule has 1 heterocycles. The van der Waals surface area contributed by atoms with Crippen molar-refractivity contribution in [1.82, 2.24) is 3.97 Å². The third kappa shape index (κ3) is 2.39. The van der Waals surface area contributed by atoms with Gasteiger partial charge < -0.3 is 0 Å². The molecule has 0 bridgehead atoms. The van der Waals surface area contributed by atoms with Gasteiger partial charge in [-0.3, -0.25) is 4.79 Å². The molecule has 0 spiro atoms. The van der Waals surface area contributed by atoms with Crippen molar-refractivity contribution >= 4 is 33.3 Å². The molecule has 0 radical (unpaired) electrons. The summed E-state index contributed by atoms with van der Waals surface area (Å²) in [5.74, 6) is 0. The molecule has 5 heteroatoms. The number of aromatic nitrogens is 1. The minimum Gasteiger partial charge on any atom is -0.298 e. The quantitative estimate of drug-likeness (QED) is 0.688. The molecule has 0 aliphatic carbocycles. The number of carbonyl (C=O) groups is 1. The zero-order valence-electron chi connectivity index (χ0n) is 12.6. The van der Waals surface area contributed by atoms with Gasteiger partial charge in [-0.2, -0.15) is 0 Å². The number of fused-ring (bicyclic) bond motifs is 1. The van der Waals surface area contributed by atoms with Crippen LogP contribution in [-0.4, -0.2) is 18.7 Å². The Bertz CT molecular complexity index is 1010. The van der Waals surface area contributed by atoms with Crippen molar-refractivity contribution in [2.24, 2.45) is 0 Å². The second kappa shape index (κ2) is 5.52. The lowest BCUT2D eigenvalue weighted by molar-refractivity contribution is 0.112. The first kappa shape index (κ1) is 15.2. The molecule has 3 rings (SSSR count). The van der Waals surface area contributed by atoms with E-state index in [1.165, 1.54) is 10.2 Å². The van der Waals surface area contributed by atoms with Crippen molar-refractivity contribution in [2.75, 3.05) is 0 Å². The lowest BCUT2D eigenvalue weighted by Gasteiger charge is -2.10. The van der Waals surface area contributed by atoms with Crippen LogP contribution in [-0.2, 0) is 10.0 Å². The molecule has 0 saturated heterocycles. The van der Waals surface area contributed by atoms with E-state index in [-0.39, 0.29) is 4.90 Å². The maximum atomic E-state index is 12.9. The van der Waals surface area contributed by atoms with Crippen LogP contribution in [0.25, 0.3) is 17.0 Å². The van der Waals surface area contributed by atoms with Gasteiger partial charge in [0.05, 0.1) is 10.4 Å². The van der Waals surface area contributed by atoms with E-state index < -0.39 is 10.0 Å². The van der Waals surface area contributed by atoms with Crippen molar-refractivity contribution in [3.8, 4) is 0 Å². The number of aryl methyl sites for hydroxylation is 1. The first-order chi connectivity index (χ1) is 11.0. The molecular weight excluding hydrogens is 310 g/mol. The molecular formula is C18H15NO3S. The molecule has 0 aliphatic rings. The number of aldehydes is 1. The van der Waals surface area contributed by atoms with Crippen LogP contribution in [0.2, 0.25) is 0 Å². The molecule has 2 aromatic carbocycles. The summed E-state index contributed by atoms with van der Waals surface area (Å²) in [6.07, 6.45) is 3.77. The van der Waals surface area contributed by atoms with Crippen molar-refractivity contribution in [3.63, 3.8) is 0 Å². The van der Waals surface area contributed by atoms with Crippen LogP contribution < -0.4 is 0 Å². The van der Waals surface area contributed by atoms with Crippen molar-refractivity contribution < 1.29 is 13.2 Å². The van der Waals surface area contributed by atoms with Gasteiger partial charge >= 0.3 is 0 Å². The second-order valence-corrected chi connectivity index (χ2v) is 7.07. The van der Waals surface area contributed by atoms with E-state index in [0.29, 0.717) is 22.0 Å². The summed E-state index contributed by atoms with van der Waals surface area (Å²) in [6, 6.07) is 11.7. The van der Waals surface area contributed by atoms with Crippen molar-refractivity contribution in [2.45, 2.75) is 11.8 Å². The van der Waals surface area contributed by atoms with E-state index >= 15 is 0 Å². The molecule has 0 N–H and O–H groups in total. The Labute approximate surface area is 134 Å². The van der Waals surface area contributed by atoms with Gasteiger partial charge in [0.1, 0.15) is 0 Å². The van der Waals surface area contributed by atoms with Gasteiger partial charge in [-0.1, -0.05) is 42.5 Å². The zero-order chi connectivity index (χ0) is 16.6. The molecule has 0 atom stereocenters. The van der Waals surface area contributed by atoms with E-state index in [0.717, 1.165) is 11.8 Å². The van der Waals surface area contributed by atoms with Gasteiger partial charge in [0.2, 0.25) is 0 Å². The SMILES string of the molecule is C=Cc1ccc(C=O)c2ccn(S(=O)(=O)c3ccc(C)cc3)c12. The van der Waals surface area contributed by atoms with E-state index in [1.807, 2.05) is 6.92 Å². The van der Waals surface area contributed by atoms with E-state index in [9.17, 15) is 13.2 Å². The van der Waals surface area contributed by atoms with Crippen LogP contribution >= 0.6 is 0 Å². The predicted octanol–water partition coefficient (Wildman–Crippen LogP) is 3.64. The first-order valence-corrected chi connectivity index (χ1v) is 8.47. The molecule has 0 saturated carbocycles. The largest absolute Gasteiger partial charge is 0.298 e. The number of hydrogen-bond donors (Lipinski definition) is 0. The summed E-state index contributed by atoms with van der Waals surface area (Å²) < 4.78 is 27.1. The summed E-state index contributed by atoms with van der Waals surface area (Å²) >= 11 is 0. The van der Waals surface area contributed by atoms with Crippen LogP contribution in [0, 0.1) is 6.92 Å². The van der Waals surface area contributed by atoms with Crippen LogP contribution in [0.3, 0.4) is 0 Å². The fraction of sp³-hybridized carbons (Fsp3) is 0.0556. The molecule has 4 nitrogen and oxygen atoms in total. The number of carbonyl (C=O) groups excluding carboxylic acids is 1. The smallest absolute Gasteiger partial charge is 0.268 e. The maximum absolute atomic E-state index is 12.9. The molecule has 23 heavy (non-hydrogen) atoms. The fourth-order valence-corrected chi connectivity index (χ4v) is 3.94. The molecule has 116 valence electrons. The van der Waals surface area contributed by atoms with E-state index in [4.69, 9.17) is 0 Å². The third-order valence-electron chi connectivity index (χ3n) is 3.80. The Kier molecular flexibility index (Phi) is 3.66. The molecule has 0 aliphatic heterocycles. The Morgan fingerprint density at radius 2 is 1.65 bits per heavy atom. The monoisotopic (exact) mass is 325 g/mol. The highest BCUT2D eigenvalue weighted by molar-refractivity contribution is 7.90. The molecule has 1 aromatic heterocycles. The van der Waals surface area contributed by atoms with E-state index in [1.54, 1.807) is 48.5 Å². The number of nitrogens with zero attached hydrogens (tertiary/aromatic N) is 1. The standard InChI is InChI=1S/C18H15NO3S/c1-3-14-6-7-15(12-20)17-10-11-19(18(14)17)23(21,22)16-8-4-13(2)5-9-16/h3-12H,1H2,2H3. The Morgan fingerprint density at radius 3 is 2.26 bits per heavy atom. The zero-order valence-corrected chi connectivity index (χ0v) is 13.4. The average Bonchev–Trinajstić information content (AvgIpc) is 3.00. The Balaban J connectivity index is 2.34. The number of benzene rings is 2. The average molecular weight is 325 g/mol. The minimum atomic E-state index is -3.74. The minimum absolute atomic E-state index is 0.201. The maximum Gasteiger partial charge on any atom is 0.268 e. The van der Waals surface area contributed by atoms with Crippen LogP contribution in [0.4, 0.5) is 0 Å².